The van der Waals surface area contributed by atoms with Crippen LogP contribution in [0.5, 0.6) is 0 Å². The molecule has 0 aliphatic carbocycles. The molecule has 0 aromatic heterocycles. The van der Waals surface area contributed by atoms with E-state index in [4.69, 9.17) is 4.74 Å². The van der Waals surface area contributed by atoms with E-state index in [1.165, 1.54) is 0 Å². The molecule has 1 heterocycles. The molecule has 7 heteroatoms. The minimum atomic E-state index is -0.574. The van der Waals surface area contributed by atoms with E-state index in [1.54, 1.807) is 17.0 Å². The van der Waals surface area contributed by atoms with Crippen LogP contribution in [0.25, 0.3) is 0 Å². The molecule has 158 valence electrons. The van der Waals surface area contributed by atoms with Crippen molar-refractivity contribution < 1.29 is 19.1 Å². The van der Waals surface area contributed by atoms with Crippen molar-refractivity contribution in [3.63, 3.8) is 0 Å². The van der Waals surface area contributed by atoms with E-state index in [0.717, 1.165) is 23.4 Å². The fourth-order valence-corrected chi connectivity index (χ4v) is 3.47. The molecule has 2 aromatic carbocycles. The molecule has 2 aromatic rings. The Kier molecular flexibility index (Phi) is 6.72. The Bertz CT molecular complexity index is 924. The average molecular weight is 409 g/mol. The van der Waals surface area contributed by atoms with Gasteiger partial charge in [-0.25, -0.2) is 0 Å². The number of carbonyl (C=O) groups excluding carboxylic acids is 3. The van der Waals surface area contributed by atoms with Gasteiger partial charge in [0.2, 0.25) is 5.91 Å². The van der Waals surface area contributed by atoms with Crippen molar-refractivity contribution in [3.05, 3.63) is 54.1 Å². The van der Waals surface area contributed by atoms with Crippen molar-refractivity contribution in [3.8, 4) is 0 Å². The summed E-state index contributed by atoms with van der Waals surface area (Å²) in [5.74, 6) is -1.63. The second-order valence-electron chi connectivity index (χ2n) is 7.48. The third-order valence-electron chi connectivity index (χ3n) is 5.13. The van der Waals surface area contributed by atoms with Gasteiger partial charge in [0.15, 0.2) is 6.61 Å². The van der Waals surface area contributed by atoms with Gasteiger partial charge in [-0.15, -0.1) is 0 Å². The Balaban J connectivity index is 1.52. The van der Waals surface area contributed by atoms with Gasteiger partial charge in [0.1, 0.15) is 0 Å². The van der Waals surface area contributed by atoms with Crippen LogP contribution in [0.15, 0.2) is 48.5 Å². The van der Waals surface area contributed by atoms with E-state index < -0.39 is 17.8 Å². The first kappa shape index (κ1) is 21.4. The minimum Gasteiger partial charge on any atom is -0.455 e. The molecule has 0 spiro atoms. The summed E-state index contributed by atoms with van der Waals surface area (Å²) in [7, 11) is 3.87. The second-order valence-corrected chi connectivity index (χ2v) is 7.48. The monoisotopic (exact) mass is 409 g/mol. The molecule has 0 radical (unpaired) electrons. The van der Waals surface area contributed by atoms with Crippen LogP contribution in [-0.2, 0) is 25.5 Å². The molecule has 0 bridgehead atoms. The SMILES string of the molecule is CCc1ccccc1N1C[C@H](C(=O)OCC(=O)Nc2ccc(N(C)C)cc2)CC1=O. The van der Waals surface area contributed by atoms with E-state index in [2.05, 4.69) is 5.32 Å². The van der Waals surface area contributed by atoms with Gasteiger partial charge < -0.3 is 19.9 Å². The Morgan fingerprint density at radius 1 is 1.13 bits per heavy atom. The van der Waals surface area contributed by atoms with Gasteiger partial charge in [-0.05, 0) is 42.3 Å². The third kappa shape index (κ3) is 4.97. The highest BCUT2D eigenvalue weighted by atomic mass is 16.5. The van der Waals surface area contributed by atoms with Gasteiger partial charge in [-0.2, -0.15) is 0 Å². The van der Waals surface area contributed by atoms with Crippen LogP contribution in [-0.4, -0.2) is 45.0 Å². The van der Waals surface area contributed by atoms with Crippen molar-refractivity contribution in [2.45, 2.75) is 19.8 Å². The number of nitrogens with zero attached hydrogens (tertiary/aromatic N) is 2. The summed E-state index contributed by atoms with van der Waals surface area (Å²) < 4.78 is 5.17. The number of esters is 1. The van der Waals surface area contributed by atoms with Crippen LogP contribution < -0.4 is 15.1 Å². The summed E-state index contributed by atoms with van der Waals surface area (Å²) in [6, 6.07) is 15.0. The number of rotatable bonds is 7. The minimum absolute atomic E-state index is 0.0878. The van der Waals surface area contributed by atoms with Crippen molar-refractivity contribution >= 4 is 34.8 Å². The zero-order valence-corrected chi connectivity index (χ0v) is 17.6. The predicted octanol–water partition coefficient (Wildman–Crippen LogP) is 2.85. The van der Waals surface area contributed by atoms with Gasteiger partial charge in [0.05, 0.1) is 5.92 Å². The summed E-state index contributed by atoms with van der Waals surface area (Å²) in [5.41, 5.74) is 3.53. The topological polar surface area (TPSA) is 79.0 Å². The summed E-state index contributed by atoms with van der Waals surface area (Å²) in [6.45, 7) is 1.91. The molecule has 1 saturated heterocycles. The number of nitrogens with one attached hydrogen (secondary N) is 1. The number of carbonyl (C=O) groups is 3. The number of amides is 2. The fraction of sp³-hybridized carbons (Fsp3) is 0.348. The molecule has 30 heavy (non-hydrogen) atoms. The summed E-state index contributed by atoms with van der Waals surface area (Å²) in [6.07, 6.45) is 0.884. The normalized spacial score (nSPS) is 15.8. The lowest BCUT2D eigenvalue weighted by molar-refractivity contribution is -0.151. The van der Waals surface area contributed by atoms with Crippen molar-refractivity contribution in [1.29, 1.82) is 0 Å². The molecule has 2 amide bonds. The standard InChI is InChI=1S/C23H27N3O4/c1-4-16-7-5-6-8-20(16)26-14-17(13-22(26)28)23(29)30-15-21(27)24-18-9-11-19(12-10-18)25(2)3/h5-12,17H,4,13-15H2,1-3H3,(H,24,27)/t17-/m1/s1. The molecule has 1 atom stereocenters. The van der Waals surface area contributed by atoms with Crippen molar-refractivity contribution in [1.82, 2.24) is 0 Å². The van der Waals surface area contributed by atoms with Gasteiger partial charge in [0, 0.05) is 44.1 Å². The first-order valence-electron chi connectivity index (χ1n) is 10.0. The second kappa shape index (κ2) is 9.43. The van der Waals surface area contributed by atoms with Gasteiger partial charge >= 0.3 is 5.97 Å². The molecule has 1 N–H and O–H groups in total. The summed E-state index contributed by atoms with van der Waals surface area (Å²) in [5, 5.41) is 2.70. The Morgan fingerprint density at radius 3 is 2.50 bits per heavy atom. The van der Waals surface area contributed by atoms with Gasteiger partial charge in [-0.1, -0.05) is 25.1 Å². The van der Waals surface area contributed by atoms with E-state index in [9.17, 15) is 14.4 Å². The number of anilines is 3. The van der Waals surface area contributed by atoms with Crippen molar-refractivity contribution in [2.24, 2.45) is 5.92 Å². The average Bonchev–Trinajstić information content (AvgIpc) is 3.14. The largest absolute Gasteiger partial charge is 0.455 e. The van der Waals surface area contributed by atoms with Gasteiger partial charge in [-0.3, -0.25) is 14.4 Å². The molecule has 0 saturated carbocycles. The lowest BCUT2D eigenvalue weighted by atomic mass is 10.1. The van der Waals surface area contributed by atoms with Gasteiger partial charge in [0.25, 0.3) is 5.91 Å². The quantitative estimate of drug-likeness (QED) is 0.712. The van der Waals surface area contributed by atoms with Crippen LogP contribution in [0.2, 0.25) is 0 Å². The zero-order valence-electron chi connectivity index (χ0n) is 17.6. The van der Waals surface area contributed by atoms with Crippen LogP contribution in [0, 0.1) is 5.92 Å². The first-order chi connectivity index (χ1) is 14.4. The lowest BCUT2D eigenvalue weighted by Gasteiger charge is -2.19. The highest BCUT2D eigenvalue weighted by Gasteiger charge is 2.37. The molecule has 1 fully saturated rings. The molecule has 1 aliphatic rings. The lowest BCUT2D eigenvalue weighted by Crippen LogP contribution is -2.28. The number of para-hydroxylation sites is 1. The van der Waals surface area contributed by atoms with E-state index in [1.807, 2.05) is 62.3 Å². The molecular formula is C23H27N3O4. The molecule has 0 unspecified atom stereocenters. The first-order valence-corrected chi connectivity index (χ1v) is 10.0. The fourth-order valence-electron chi connectivity index (χ4n) is 3.47. The Hall–Kier alpha value is -3.35. The number of aryl methyl sites for hydroxylation is 1. The highest BCUT2D eigenvalue weighted by Crippen LogP contribution is 2.29. The molecule has 3 rings (SSSR count). The van der Waals surface area contributed by atoms with Crippen LogP contribution in [0.1, 0.15) is 18.9 Å². The van der Waals surface area contributed by atoms with Crippen LogP contribution in [0.3, 0.4) is 0 Å². The van der Waals surface area contributed by atoms with E-state index >= 15 is 0 Å². The smallest absolute Gasteiger partial charge is 0.311 e. The maximum absolute atomic E-state index is 12.4. The Labute approximate surface area is 176 Å². The van der Waals surface area contributed by atoms with Crippen LogP contribution >= 0.6 is 0 Å². The Morgan fingerprint density at radius 2 is 1.83 bits per heavy atom. The zero-order chi connectivity index (χ0) is 21.7. The number of benzene rings is 2. The van der Waals surface area contributed by atoms with E-state index in [-0.39, 0.29) is 25.5 Å². The van der Waals surface area contributed by atoms with Crippen LogP contribution in [0.4, 0.5) is 17.1 Å². The van der Waals surface area contributed by atoms with Crippen molar-refractivity contribution in [2.75, 3.05) is 42.4 Å². The summed E-state index contributed by atoms with van der Waals surface area (Å²) >= 11 is 0. The van der Waals surface area contributed by atoms with E-state index in [0.29, 0.717) is 5.69 Å². The maximum Gasteiger partial charge on any atom is 0.311 e. The molecular weight excluding hydrogens is 382 g/mol. The maximum atomic E-state index is 12.4. The molecule has 1 aliphatic heterocycles. The number of hydrogen-bond acceptors (Lipinski definition) is 5. The summed E-state index contributed by atoms with van der Waals surface area (Å²) in [4.78, 5) is 40.6. The molecule has 7 nitrogen and oxygen atoms in total. The predicted molar refractivity (Wildman–Crippen MR) is 117 cm³/mol. The highest BCUT2D eigenvalue weighted by molar-refractivity contribution is 6.00. The number of ether oxygens (including phenoxy) is 1. The number of hydrogen-bond donors (Lipinski definition) is 1. The third-order valence-corrected chi connectivity index (χ3v) is 5.13.